The second-order valence-electron chi connectivity index (χ2n) is 11.8. The van der Waals surface area contributed by atoms with Gasteiger partial charge in [0.25, 0.3) is 0 Å². The maximum atomic E-state index is 12.9. The largest absolute Gasteiger partial charge is 0.488 e. The zero-order valence-electron chi connectivity index (χ0n) is 25.1. The molecular weight excluding hydrogens is 484 g/mol. The van der Waals surface area contributed by atoms with Crippen LogP contribution in [0.3, 0.4) is 0 Å². The lowest BCUT2D eigenvalue weighted by Crippen LogP contribution is -2.30. The summed E-state index contributed by atoms with van der Waals surface area (Å²) in [5, 5.41) is 0. The Labute approximate surface area is 235 Å². The fourth-order valence-electron chi connectivity index (χ4n) is 4.80. The highest BCUT2D eigenvalue weighted by Gasteiger charge is 2.32. The molecule has 0 heterocycles. The average molecular weight is 531 g/mol. The van der Waals surface area contributed by atoms with Crippen LogP contribution < -0.4 is 9.47 Å². The molecule has 0 bridgehead atoms. The standard InChI is InChI=1S/C35H46O4/c1-9-34(7,10-2)31(36)25-13-15-26(16-14-25)32(37)38-29-21-17-27(18-22-29)33(5,6)28-19-23-30(24-20-28)39-35(8,11-3)12-4/h13-15,17-24,26H,9-12,16H2,1-8H3. The van der Waals surface area contributed by atoms with E-state index in [9.17, 15) is 9.59 Å². The molecule has 0 spiro atoms. The van der Waals surface area contributed by atoms with E-state index in [1.165, 1.54) is 5.56 Å². The van der Waals surface area contributed by atoms with Crippen LogP contribution in [0.5, 0.6) is 11.5 Å². The van der Waals surface area contributed by atoms with E-state index in [4.69, 9.17) is 9.47 Å². The summed E-state index contributed by atoms with van der Waals surface area (Å²) < 4.78 is 11.9. The first-order valence-electron chi connectivity index (χ1n) is 14.5. The fourth-order valence-corrected chi connectivity index (χ4v) is 4.80. The molecular formula is C35H46O4. The molecule has 1 aliphatic carbocycles. The van der Waals surface area contributed by atoms with Gasteiger partial charge < -0.3 is 9.47 Å². The van der Waals surface area contributed by atoms with Crippen molar-refractivity contribution in [2.24, 2.45) is 11.3 Å². The van der Waals surface area contributed by atoms with Gasteiger partial charge in [-0.1, -0.05) is 91.0 Å². The molecule has 210 valence electrons. The van der Waals surface area contributed by atoms with Gasteiger partial charge in [0, 0.05) is 16.4 Å². The van der Waals surface area contributed by atoms with E-state index in [2.05, 4.69) is 46.8 Å². The van der Waals surface area contributed by atoms with Crippen molar-refractivity contribution in [2.45, 2.75) is 98.5 Å². The van der Waals surface area contributed by atoms with Crippen LogP contribution >= 0.6 is 0 Å². The van der Waals surface area contributed by atoms with Gasteiger partial charge in [-0.3, -0.25) is 9.59 Å². The molecule has 2 aromatic rings. The van der Waals surface area contributed by atoms with Crippen LogP contribution in [-0.2, 0) is 15.0 Å². The summed E-state index contributed by atoms with van der Waals surface area (Å²) in [4.78, 5) is 25.8. The highest BCUT2D eigenvalue weighted by atomic mass is 16.5. The van der Waals surface area contributed by atoms with Crippen molar-refractivity contribution in [1.82, 2.24) is 0 Å². The lowest BCUT2D eigenvalue weighted by atomic mass is 9.76. The molecule has 0 amide bonds. The van der Waals surface area contributed by atoms with Gasteiger partial charge >= 0.3 is 5.97 Å². The Kier molecular flexibility index (Phi) is 9.64. The molecule has 2 aromatic carbocycles. The van der Waals surface area contributed by atoms with Crippen LogP contribution in [0.2, 0.25) is 0 Å². The van der Waals surface area contributed by atoms with Gasteiger partial charge in [-0.05, 0) is 74.4 Å². The zero-order valence-corrected chi connectivity index (χ0v) is 25.1. The van der Waals surface area contributed by atoms with Crippen molar-refractivity contribution in [3.63, 3.8) is 0 Å². The predicted molar refractivity (Wildman–Crippen MR) is 159 cm³/mol. The van der Waals surface area contributed by atoms with Gasteiger partial charge in [-0.15, -0.1) is 0 Å². The summed E-state index contributed by atoms with van der Waals surface area (Å²) in [5.41, 5.74) is 2.26. The van der Waals surface area contributed by atoms with Crippen LogP contribution in [0.15, 0.2) is 72.3 Å². The molecule has 4 heteroatoms. The number of allylic oxidation sites excluding steroid dienone is 3. The van der Waals surface area contributed by atoms with Crippen LogP contribution in [0.1, 0.15) is 98.6 Å². The fraction of sp³-hybridized carbons (Fsp3) is 0.486. The van der Waals surface area contributed by atoms with Crippen LogP contribution in [0, 0.1) is 11.3 Å². The minimum Gasteiger partial charge on any atom is -0.488 e. The lowest BCUT2D eigenvalue weighted by Gasteiger charge is -2.30. The van der Waals surface area contributed by atoms with E-state index in [1.54, 1.807) is 12.2 Å². The number of hydrogen-bond donors (Lipinski definition) is 0. The van der Waals surface area contributed by atoms with E-state index < -0.39 is 5.92 Å². The first kappa shape index (κ1) is 30.4. The normalized spacial score (nSPS) is 16.0. The average Bonchev–Trinajstić information content (AvgIpc) is 2.96. The molecule has 1 unspecified atom stereocenters. The summed E-state index contributed by atoms with van der Waals surface area (Å²) >= 11 is 0. The number of esters is 1. The Morgan fingerprint density at radius 3 is 1.72 bits per heavy atom. The van der Waals surface area contributed by atoms with Crippen molar-refractivity contribution in [1.29, 1.82) is 0 Å². The molecule has 1 atom stereocenters. The summed E-state index contributed by atoms with van der Waals surface area (Å²) in [6.07, 6.45) is 9.44. The quantitative estimate of drug-likeness (QED) is 0.203. The molecule has 0 aromatic heterocycles. The Morgan fingerprint density at radius 1 is 0.769 bits per heavy atom. The number of benzene rings is 2. The Hall–Kier alpha value is -3.14. The smallest absolute Gasteiger partial charge is 0.318 e. The van der Waals surface area contributed by atoms with Crippen LogP contribution in [-0.4, -0.2) is 17.4 Å². The predicted octanol–water partition coefficient (Wildman–Crippen LogP) is 8.77. The van der Waals surface area contributed by atoms with E-state index in [-0.39, 0.29) is 28.2 Å². The maximum absolute atomic E-state index is 12.9. The van der Waals surface area contributed by atoms with Crippen LogP contribution in [0.25, 0.3) is 0 Å². The molecule has 4 nitrogen and oxygen atoms in total. The second-order valence-corrected chi connectivity index (χ2v) is 11.8. The zero-order chi connectivity index (χ0) is 28.8. The molecule has 0 aliphatic heterocycles. The number of carbonyl (C=O) groups excluding carboxylic acids is 2. The first-order valence-corrected chi connectivity index (χ1v) is 14.5. The number of Topliss-reactive ketones (excluding diaryl/α,β-unsaturated/α-hetero) is 1. The van der Waals surface area contributed by atoms with Crippen molar-refractivity contribution < 1.29 is 19.1 Å². The van der Waals surface area contributed by atoms with Gasteiger partial charge in [0.05, 0.1) is 5.92 Å². The van der Waals surface area contributed by atoms with Gasteiger partial charge in [0.15, 0.2) is 5.78 Å². The second kappa shape index (κ2) is 12.4. The number of rotatable bonds is 12. The molecule has 0 saturated heterocycles. The molecule has 1 aliphatic rings. The van der Waals surface area contributed by atoms with Crippen molar-refractivity contribution in [3.05, 3.63) is 83.5 Å². The SMILES string of the molecule is CCC(C)(CC)Oc1ccc(C(C)(C)c2ccc(OC(=O)C3C=CC(C(=O)C(C)(CC)CC)=CC3)cc2)cc1. The third-order valence-electron chi connectivity index (χ3n) is 9.00. The van der Waals surface area contributed by atoms with E-state index in [0.717, 1.165) is 37.0 Å². The summed E-state index contributed by atoms with van der Waals surface area (Å²) in [6, 6.07) is 16.1. The van der Waals surface area contributed by atoms with Crippen molar-refractivity contribution in [2.75, 3.05) is 0 Å². The molecule has 0 saturated carbocycles. The van der Waals surface area contributed by atoms with Gasteiger partial charge in [-0.25, -0.2) is 0 Å². The third-order valence-corrected chi connectivity index (χ3v) is 9.00. The molecule has 0 fully saturated rings. The van der Waals surface area contributed by atoms with Gasteiger partial charge in [0.2, 0.25) is 0 Å². The molecule has 0 radical (unpaired) electrons. The molecule has 3 rings (SSSR count). The Bertz CT molecular complexity index is 1190. The Morgan fingerprint density at radius 2 is 1.28 bits per heavy atom. The third kappa shape index (κ3) is 6.90. The maximum Gasteiger partial charge on any atom is 0.318 e. The highest BCUT2D eigenvalue weighted by molar-refractivity contribution is 6.02. The van der Waals surface area contributed by atoms with Crippen molar-refractivity contribution in [3.8, 4) is 11.5 Å². The van der Waals surface area contributed by atoms with Gasteiger partial charge in [0.1, 0.15) is 17.1 Å². The topological polar surface area (TPSA) is 52.6 Å². The summed E-state index contributed by atoms with van der Waals surface area (Å²) in [7, 11) is 0. The van der Waals surface area contributed by atoms with Crippen molar-refractivity contribution >= 4 is 11.8 Å². The minimum atomic E-state index is -0.393. The number of ketones is 1. The minimum absolute atomic E-state index is 0.149. The highest BCUT2D eigenvalue weighted by Crippen LogP contribution is 2.35. The first-order chi connectivity index (χ1) is 18.4. The number of hydrogen-bond acceptors (Lipinski definition) is 4. The van der Waals surface area contributed by atoms with E-state index in [0.29, 0.717) is 17.7 Å². The number of ether oxygens (including phenoxy) is 2. The molecule has 0 N–H and O–H groups in total. The van der Waals surface area contributed by atoms with Gasteiger partial charge in [-0.2, -0.15) is 0 Å². The van der Waals surface area contributed by atoms with Crippen LogP contribution in [0.4, 0.5) is 0 Å². The summed E-state index contributed by atoms with van der Waals surface area (Å²) in [6.45, 7) is 16.9. The summed E-state index contributed by atoms with van der Waals surface area (Å²) in [5.74, 6) is 0.851. The number of carbonyl (C=O) groups is 2. The lowest BCUT2D eigenvalue weighted by molar-refractivity contribution is -0.137. The molecule has 39 heavy (non-hydrogen) atoms. The Balaban J connectivity index is 1.63. The van der Waals surface area contributed by atoms with E-state index >= 15 is 0 Å². The monoisotopic (exact) mass is 530 g/mol. The van der Waals surface area contributed by atoms with E-state index in [1.807, 2.05) is 63.2 Å².